The molecule has 0 aromatic carbocycles. The van der Waals surface area contributed by atoms with Gasteiger partial charge in [-0.15, -0.1) is 0 Å². The molecule has 1 aromatic rings. The van der Waals surface area contributed by atoms with Crippen molar-refractivity contribution in [3.63, 3.8) is 0 Å². The Morgan fingerprint density at radius 2 is 2.43 bits per heavy atom. The van der Waals surface area contributed by atoms with Crippen molar-refractivity contribution in [1.29, 1.82) is 0 Å². The minimum absolute atomic E-state index is 0.229. The molecule has 1 aromatic heterocycles. The van der Waals surface area contributed by atoms with Crippen LogP contribution >= 0.6 is 15.9 Å². The number of aliphatic hydroxyl groups excluding tert-OH is 1. The van der Waals surface area contributed by atoms with E-state index in [0.717, 1.165) is 29.5 Å². The van der Waals surface area contributed by atoms with Crippen LogP contribution in [-0.2, 0) is 0 Å². The lowest BCUT2D eigenvalue weighted by molar-refractivity contribution is 0.266. The molecule has 1 fully saturated rings. The van der Waals surface area contributed by atoms with Gasteiger partial charge in [-0.25, -0.2) is 0 Å². The van der Waals surface area contributed by atoms with E-state index in [2.05, 4.69) is 25.8 Å². The predicted octanol–water partition coefficient (Wildman–Crippen LogP) is 1.81. The van der Waals surface area contributed by atoms with E-state index < -0.39 is 0 Å². The van der Waals surface area contributed by atoms with Crippen molar-refractivity contribution in [1.82, 2.24) is 4.98 Å². The molecule has 0 saturated carbocycles. The maximum absolute atomic E-state index is 9.19. The Balaban J connectivity index is 2.21. The molecular weight excluding hydrogens is 244 g/mol. The van der Waals surface area contributed by atoms with Gasteiger partial charge in [0.1, 0.15) is 0 Å². The first kappa shape index (κ1) is 9.93. The molecular formula is C10H13BrN2O. The molecule has 0 bridgehead atoms. The average Bonchev–Trinajstić information content (AvgIpc) is 2.65. The molecule has 1 saturated heterocycles. The van der Waals surface area contributed by atoms with Gasteiger partial charge in [0, 0.05) is 17.2 Å². The summed E-state index contributed by atoms with van der Waals surface area (Å²) in [5, 5.41) is 9.19. The van der Waals surface area contributed by atoms with E-state index in [1.54, 1.807) is 6.20 Å². The second kappa shape index (κ2) is 4.28. The van der Waals surface area contributed by atoms with Crippen molar-refractivity contribution in [2.45, 2.75) is 18.9 Å². The van der Waals surface area contributed by atoms with Crippen molar-refractivity contribution >= 4 is 21.6 Å². The second-order valence-electron chi connectivity index (χ2n) is 3.53. The number of aliphatic hydroxyl groups is 1. The number of anilines is 1. The Hall–Kier alpha value is -0.610. The highest BCUT2D eigenvalue weighted by Crippen LogP contribution is 2.26. The van der Waals surface area contributed by atoms with Crippen LogP contribution in [-0.4, -0.2) is 29.3 Å². The highest BCUT2D eigenvalue weighted by molar-refractivity contribution is 9.10. The van der Waals surface area contributed by atoms with Gasteiger partial charge in [-0.3, -0.25) is 4.98 Å². The fourth-order valence-corrected chi connectivity index (χ4v) is 2.28. The van der Waals surface area contributed by atoms with Gasteiger partial charge in [0.15, 0.2) is 0 Å². The number of halogens is 1. The zero-order valence-corrected chi connectivity index (χ0v) is 9.44. The summed E-state index contributed by atoms with van der Waals surface area (Å²) in [6, 6.07) is 2.31. The van der Waals surface area contributed by atoms with Crippen molar-refractivity contribution in [3.8, 4) is 0 Å². The molecule has 0 amide bonds. The number of hydrogen-bond acceptors (Lipinski definition) is 3. The molecule has 2 rings (SSSR count). The van der Waals surface area contributed by atoms with Crippen LogP contribution in [0.15, 0.2) is 22.9 Å². The first-order chi connectivity index (χ1) is 6.81. The van der Waals surface area contributed by atoms with Crippen LogP contribution in [0.3, 0.4) is 0 Å². The lowest BCUT2D eigenvalue weighted by atomic mass is 10.2. The summed E-state index contributed by atoms with van der Waals surface area (Å²) < 4.78 is 0.985. The summed E-state index contributed by atoms with van der Waals surface area (Å²) in [7, 11) is 0. The minimum atomic E-state index is 0.229. The first-order valence-corrected chi connectivity index (χ1v) is 5.58. The molecule has 1 aliphatic heterocycles. The highest BCUT2D eigenvalue weighted by atomic mass is 79.9. The molecule has 1 aliphatic rings. The third-order valence-electron chi connectivity index (χ3n) is 2.61. The summed E-state index contributed by atoms with van der Waals surface area (Å²) in [5.41, 5.74) is 1.09. The van der Waals surface area contributed by atoms with Gasteiger partial charge >= 0.3 is 0 Å². The molecule has 1 atom stereocenters. The fraction of sp³-hybridized carbons (Fsp3) is 0.500. The van der Waals surface area contributed by atoms with E-state index in [9.17, 15) is 5.11 Å². The van der Waals surface area contributed by atoms with Gasteiger partial charge < -0.3 is 10.0 Å². The number of nitrogens with zero attached hydrogens (tertiary/aromatic N) is 2. The Labute approximate surface area is 91.9 Å². The van der Waals surface area contributed by atoms with Crippen molar-refractivity contribution in [2.75, 3.05) is 18.1 Å². The molecule has 2 heterocycles. The van der Waals surface area contributed by atoms with Gasteiger partial charge in [-0.05, 0) is 34.8 Å². The maximum atomic E-state index is 9.19. The van der Waals surface area contributed by atoms with Gasteiger partial charge in [-0.2, -0.15) is 0 Å². The third-order valence-corrected chi connectivity index (χ3v) is 3.04. The number of rotatable bonds is 2. The molecule has 0 unspecified atom stereocenters. The maximum Gasteiger partial charge on any atom is 0.0635 e. The normalized spacial score (nSPS) is 21.6. The van der Waals surface area contributed by atoms with Crippen LogP contribution < -0.4 is 4.90 Å². The van der Waals surface area contributed by atoms with Crippen LogP contribution in [0.5, 0.6) is 0 Å². The van der Waals surface area contributed by atoms with Crippen LogP contribution in [0.4, 0.5) is 5.69 Å². The van der Waals surface area contributed by atoms with E-state index >= 15 is 0 Å². The molecule has 0 spiro atoms. The van der Waals surface area contributed by atoms with Crippen molar-refractivity contribution in [3.05, 3.63) is 22.9 Å². The van der Waals surface area contributed by atoms with Gasteiger partial charge in [0.2, 0.25) is 0 Å². The van der Waals surface area contributed by atoms with Gasteiger partial charge in [0.25, 0.3) is 0 Å². The fourth-order valence-electron chi connectivity index (χ4n) is 1.92. The third kappa shape index (κ3) is 1.91. The van der Waals surface area contributed by atoms with E-state index in [-0.39, 0.29) is 12.6 Å². The van der Waals surface area contributed by atoms with Crippen LogP contribution in [0, 0.1) is 0 Å². The monoisotopic (exact) mass is 256 g/mol. The quantitative estimate of drug-likeness (QED) is 0.877. The second-order valence-corrected chi connectivity index (χ2v) is 4.45. The Morgan fingerprint density at radius 1 is 1.57 bits per heavy atom. The molecule has 76 valence electrons. The zero-order valence-electron chi connectivity index (χ0n) is 7.86. The van der Waals surface area contributed by atoms with E-state index in [1.807, 2.05) is 12.3 Å². The molecule has 4 heteroatoms. The minimum Gasteiger partial charge on any atom is -0.394 e. The SMILES string of the molecule is OC[C@@H]1CCCN1c1cncc(Br)c1. The van der Waals surface area contributed by atoms with Crippen molar-refractivity contribution < 1.29 is 5.11 Å². The Morgan fingerprint density at radius 3 is 3.14 bits per heavy atom. The Kier molecular flexibility index (Phi) is 3.03. The Bertz CT molecular complexity index is 319. The molecule has 14 heavy (non-hydrogen) atoms. The van der Waals surface area contributed by atoms with E-state index in [4.69, 9.17) is 0 Å². The van der Waals surface area contributed by atoms with Crippen LogP contribution in [0.1, 0.15) is 12.8 Å². The summed E-state index contributed by atoms with van der Waals surface area (Å²) >= 11 is 3.40. The molecule has 3 nitrogen and oxygen atoms in total. The number of hydrogen-bond donors (Lipinski definition) is 1. The summed E-state index contributed by atoms with van der Waals surface area (Å²) in [4.78, 5) is 6.35. The summed E-state index contributed by atoms with van der Waals surface area (Å²) in [6.45, 7) is 1.25. The predicted molar refractivity (Wildman–Crippen MR) is 59.4 cm³/mol. The van der Waals surface area contributed by atoms with Gasteiger partial charge in [0.05, 0.1) is 24.5 Å². The summed E-state index contributed by atoms with van der Waals surface area (Å²) in [5.74, 6) is 0. The topological polar surface area (TPSA) is 36.4 Å². The van der Waals surface area contributed by atoms with E-state index in [1.165, 1.54) is 0 Å². The lowest BCUT2D eigenvalue weighted by Crippen LogP contribution is -2.32. The number of aromatic nitrogens is 1. The number of pyridine rings is 1. The van der Waals surface area contributed by atoms with Gasteiger partial charge in [-0.1, -0.05) is 0 Å². The molecule has 1 N–H and O–H groups in total. The summed E-state index contributed by atoms with van der Waals surface area (Å²) in [6.07, 6.45) is 5.84. The first-order valence-electron chi connectivity index (χ1n) is 4.79. The smallest absolute Gasteiger partial charge is 0.0635 e. The standard InChI is InChI=1S/C10H13BrN2O/c11-8-4-10(6-12-5-8)13-3-1-2-9(13)7-14/h4-6,9,14H,1-3,7H2/t9-/m0/s1. The molecule has 0 radical (unpaired) electrons. The molecule has 0 aliphatic carbocycles. The van der Waals surface area contributed by atoms with E-state index in [0.29, 0.717) is 0 Å². The average molecular weight is 257 g/mol. The van der Waals surface area contributed by atoms with Crippen molar-refractivity contribution in [2.24, 2.45) is 0 Å². The largest absolute Gasteiger partial charge is 0.394 e. The zero-order chi connectivity index (χ0) is 9.97. The van der Waals surface area contributed by atoms with Crippen LogP contribution in [0.25, 0.3) is 0 Å². The lowest BCUT2D eigenvalue weighted by Gasteiger charge is -2.24. The van der Waals surface area contributed by atoms with Crippen LogP contribution in [0.2, 0.25) is 0 Å². The highest BCUT2D eigenvalue weighted by Gasteiger charge is 2.23.